The van der Waals surface area contributed by atoms with Gasteiger partial charge in [0.2, 0.25) is 0 Å². The van der Waals surface area contributed by atoms with Crippen LogP contribution < -0.4 is 10.2 Å². The van der Waals surface area contributed by atoms with Gasteiger partial charge in [-0.1, -0.05) is 56.1 Å². The van der Waals surface area contributed by atoms with E-state index in [1.54, 1.807) is 18.2 Å². The Labute approximate surface area is 171 Å². The van der Waals surface area contributed by atoms with Crippen LogP contribution >= 0.6 is 39.1 Å². The van der Waals surface area contributed by atoms with Crippen molar-refractivity contribution in [3.8, 4) is 5.75 Å². The summed E-state index contributed by atoms with van der Waals surface area (Å²) >= 11 is 15.5. The van der Waals surface area contributed by atoms with Gasteiger partial charge in [0.25, 0.3) is 5.91 Å². The average Bonchev–Trinajstić information content (AvgIpc) is 2.55. The van der Waals surface area contributed by atoms with E-state index in [1.807, 2.05) is 18.2 Å². The molecule has 0 heterocycles. The number of carbonyl (C=O) groups is 1. The number of hydrogen-bond donors (Lipinski definition) is 1. The summed E-state index contributed by atoms with van der Waals surface area (Å²) in [5, 5.41) is 4.77. The predicted octanol–water partition coefficient (Wildman–Crippen LogP) is 5.58. The van der Waals surface area contributed by atoms with E-state index in [2.05, 4.69) is 47.2 Å². The van der Waals surface area contributed by atoms with Crippen LogP contribution in [0.5, 0.6) is 5.75 Å². The van der Waals surface area contributed by atoms with E-state index in [-0.39, 0.29) is 12.0 Å². The first-order valence-corrected chi connectivity index (χ1v) is 9.42. The lowest BCUT2D eigenvalue weighted by Crippen LogP contribution is -2.24. The maximum Gasteiger partial charge on any atom is 0.277 e. The minimum atomic E-state index is -0.392. The summed E-state index contributed by atoms with van der Waals surface area (Å²) in [5.41, 5.74) is 4.13. The van der Waals surface area contributed by atoms with E-state index in [9.17, 15) is 4.79 Å². The van der Waals surface area contributed by atoms with E-state index in [4.69, 9.17) is 27.9 Å². The second kappa shape index (κ2) is 8.89. The zero-order chi connectivity index (χ0) is 19.3. The molecule has 4 nitrogen and oxygen atoms in total. The first kappa shape index (κ1) is 20.7. The van der Waals surface area contributed by atoms with Crippen molar-refractivity contribution in [3.05, 3.63) is 62.0 Å². The molecule has 2 aromatic rings. The van der Waals surface area contributed by atoms with Crippen LogP contribution in [0.4, 0.5) is 0 Å². The van der Waals surface area contributed by atoms with Gasteiger partial charge in [-0.15, -0.1) is 0 Å². The molecule has 0 aliphatic heterocycles. The van der Waals surface area contributed by atoms with Crippen LogP contribution in [0.2, 0.25) is 10.0 Å². The molecule has 0 saturated heterocycles. The van der Waals surface area contributed by atoms with E-state index < -0.39 is 5.91 Å². The number of nitrogens with one attached hydrogen (secondary N) is 1. The predicted molar refractivity (Wildman–Crippen MR) is 111 cm³/mol. The van der Waals surface area contributed by atoms with Gasteiger partial charge in [0.05, 0.1) is 20.7 Å². The summed E-state index contributed by atoms with van der Waals surface area (Å²) in [5.74, 6) is 0.197. The van der Waals surface area contributed by atoms with E-state index in [0.29, 0.717) is 21.4 Å². The van der Waals surface area contributed by atoms with Crippen molar-refractivity contribution < 1.29 is 9.53 Å². The highest BCUT2D eigenvalue weighted by Crippen LogP contribution is 2.31. The quantitative estimate of drug-likeness (QED) is 0.470. The molecule has 1 N–H and O–H groups in total. The van der Waals surface area contributed by atoms with E-state index >= 15 is 0 Å². The first-order chi connectivity index (χ1) is 12.2. The highest BCUT2D eigenvalue weighted by atomic mass is 79.9. The third-order valence-electron chi connectivity index (χ3n) is 3.54. The zero-order valence-electron chi connectivity index (χ0n) is 14.6. The molecule has 2 rings (SSSR count). The molecule has 0 bridgehead atoms. The zero-order valence-corrected chi connectivity index (χ0v) is 17.7. The number of ether oxygens (including phenoxy) is 1. The van der Waals surface area contributed by atoms with E-state index in [1.165, 1.54) is 11.8 Å². The van der Waals surface area contributed by atoms with Gasteiger partial charge < -0.3 is 4.74 Å². The number of nitrogens with zero attached hydrogens (tertiary/aromatic N) is 1. The van der Waals surface area contributed by atoms with Crippen LogP contribution in [-0.2, 0) is 10.2 Å². The van der Waals surface area contributed by atoms with Crippen molar-refractivity contribution in [1.29, 1.82) is 0 Å². The maximum atomic E-state index is 11.9. The maximum absolute atomic E-state index is 11.9. The fraction of sp³-hybridized carbons (Fsp3) is 0.263. The number of amides is 1. The number of benzene rings is 2. The standard InChI is InChI=1S/C19H19BrCl2N2O2/c1-19(2,3)12-7-8-17(14(20)9-12)26-11-18(25)24-23-10-13-15(21)5-4-6-16(13)22/h4-10H,11H2,1-3H3,(H,24,25)/b23-10+. The Morgan fingerprint density at radius 2 is 1.88 bits per heavy atom. The lowest BCUT2D eigenvalue weighted by Gasteiger charge is -2.20. The molecule has 0 aromatic heterocycles. The molecule has 0 atom stereocenters. The second-order valence-electron chi connectivity index (χ2n) is 6.61. The molecule has 0 saturated carbocycles. The fourth-order valence-corrected chi connectivity index (χ4v) is 3.05. The van der Waals surface area contributed by atoms with Crippen molar-refractivity contribution >= 4 is 51.3 Å². The summed E-state index contributed by atoms with van der Waals surface area (Å²) in [4.78, 5) is 11.9. The normalized spacial score (nSPS) is 11.6. The Bertz CT molecular complexity index is 813. The third kappa shape index (κ3) is 5.73. The number of carbonyl (C=O) groups excluding carboxylic acids is 1. The van der Waals surface area contributed by atoms with Gasteiger partial charge in [0, 0.05) is 5.56 Å². The number of rotatable bonds is 5. The van der Waals surface area contributed by atoms with Crippen LogP contribution in [0.25, 0.3) is 0 Å². The molecule has 0 radical (unpaired) electrons. The molecule has 0 fully saturated rings. The van der Waals surface area contributed by atoms with Crippen LogP contribution in [-0.4, -0.2) is 18.7 Å². The monoisotopic (exact) mass is 456 g/mol. The summed E-state index contributed by atoms with van der Waals surface area (Å²) in [6.07, 6.45) is 1.40. The summed E-state index contributed by atoms with van der Waals surface area (Å²) in [7, 11) is 0. The Morgan fingerprint density at radius 1 is 1.23 bits per heavy atom. The summed E-state index contributed by atoms with van der Waals surface area (Å²) in [6.45, 7) is 6.23. The van der Waals surface area contributed by atoms with Gasteiger partial charge in [0.1, 0.15) is 5.75 Å². The minimum absolute atomic E-state index is 0.0348. The van der Waals surface area contributed by atoms with Gasteiger partial charge in [0.15, 0.2) is 6.61 Å². The molecule has 2 aromatic carbocycles. The van der Waals surface area contributed by atoms with Crippen molar-refractivity contribution in [3.63, 3.8) is 0 Å². The van der Waals surface area contributed by atoms with E-state index in [0.717, 1.165) is 4.47 Å². The molecule has 1 amide bonds. The number of halogens is 3. The summed E-state index contributed by atoms with van der Waals surface area (Å²) < 4.78 is 6.33. The van der Waals surface area contributed by atoms with Crippen LogP contribution in [0, 0.1) is 0 Å². The Balaban J connectivity index is 1.92. The van der Waals surface area contributed by atoms with Crippen molar-refractivity contribution in [2.75, 3.05) is 6.61 Å². The molecule has 138 valence electrons. The van der Waals surface area contributed by atoms with Gasteiger partial charge in [-0.3, -0.25) is 4.79 Å². The molecular weight excluding hydrogens is 439 g/mol. The van der Waals surface area contributed by atoms with Crippen LogP contribution in [0.15, 0.2) is 46.0 Å². The van der Waals surface area contributed by atoms with Crippen molar-refractivity contribution in [2.24, 2.45) is 5.10 Å². The minimum Gasteiger partial charge on any atom is -0.483 e. The fourth-order valence-electron chi connectivity index (χ4n) is 2.06. The second-order valence-corrected chi connectivity index (χ2v) is 8.28. The molecule has 26 heavy (non-hydrogen) atoms. The van der Waals surface area contributed by atoms with Crippen LogP contribution in [0.1, 0.15) is 31.9 Å². The van der Waals surface area contributed by atoms with Gasteiger partial charge in [-0.25, -0.2) is 5.43 Å². The molecule has 0 unspecified atom stereocenters. The largest absolute Gasteiger partial charge is 0.483 e. The summed E-state index contributed by atoms with van der Waals surface area (Å²) in [6, 6.07) is 10.9. The molecule has 7 heteroatoms. The Morgan fingerprint density at radius 3 is 2.46 bits per heavy atom. The van der Waals surface area contributed by atoms with Gasteiger partial charge >= 0.3 is 0 Å². The molecule has 0 aliphatic rings. The van der Waals surface area contributed by atoms with Gasteiger partial charge in [-0.05, 0) is 51.2 Å². The lowest BCUT2D eigenvalue weighted by atomic mass is 9.87. The Hall–Kier alpha value is -1.56. The topological polar surface area (TPSA) is 50.7 Å². The molecule has 0 aliphatic carbocycles. The third-order valence-corrected chi connectivity index (χ3v) is 4.82. The van der Waals surface area contributed by atoms with Crippen molar-refractivity contribution in [1.82, 2.24) is 5.43 Å². The smallest absolute Gasteiger partial charge is 0.277 e. The average molecular weight is 458 g/mol. The SMILES string of the molecule is CC(C)(C)c1ccc(OCC(=O)N/N=C/c2c(Cl)cccc2Cl)c(Br)c1. The first-order valence-electron chi connectivity index (χ1n) is 7.87. The molecular formula is C19H19BrCl2N2O2. The highest BCUT2D eigenvalue weighted by Gasteiger charge is 2.15. The highest BCUT2D eigenvalue weighted by molar-refractivity contribution is 9.10. The lowest BCUT2D eigenvalue weighted by molar-refractivity contribution is -0.123. The number of hydrazone groups is 1. The Kier molecular flexibility index (Phi) is 7.09. The number of hydrogen-bond acceptors (Lipinski definition) is 3. The van der Waals surface area contributed by atoms with Crippen molar-refractivity contribution in [2.45, 2.75) is 26.2 Å². The van der Waals surface area contributed by atoms with Crippen LogP contribution in [0.3, 0.4) is 0 Å². The molecule has 0 spiro atoms. The van der Waals surface area contributed by atoms with Gasteiger partial charge in [-0.2, -0.15) is 5.10 Å².